The van der Waals surface area contributed by atoms with Crippen molar-refractivity contribution in [1.82, 2.24) is 10.2 Å². The van der Waals surface area contributed by atoms with E-state index in [1.807, 2.05) is 4.90 Å². The third-order valence-corrected chi connectivity index (χ3v) is 4.54. The van der Waals surface area contributed by atoms with Gasteiger partial charge in [0.25, 0.3) is 5.91 Å². The minimum atomic E-state index is -0.546. The third-order valence-electron chi connectivity index (χ3n) is 4.11. The van der Waals surface area contributed by atoms with Crippen LogP contribution in [0.15, 0.2) is 18.2 Å². The van der Waals surface area contributed by atoms with Gasteiger partial charge in [0.15, 0.2) is 6.10 Å². The summed E-state index contributed by atoms with van der Waals surface area (Å²) >= 11 is 11.9. The summed E-state index contributed by atoms with van der Waals surface area (Å²) in [5.74, 6) is 1.19. The largest absolute Gasteiger partial charge is 0.481 e. The minimum Gasteiger partial charge on any atom is -0.481 e. The van der Waals surface area contributed by atoms with Gasteiger partial charge in [-0.25, -0.2) is 0 Å². The molecule has 0 saturated carbocycles. The maximum absolute atomic E-state index is 12.5. The van der Waals surface area contributed by atoms with Gasteiger partial charge in [-0.3, -0.25) is 4.79 Å². The fourth-order valence-corrected chi connectivity index (χ4v) is 3.32. The Hall–Kier alpha value is -0.680. The van der Waals surface area contributed by atoms with Crippen LogP contribution in [0.25, 0.3) is 0 Å². The minimum absolute atomic E-state index is 0. The Bertz CT molecular complexity index is 514. The van der Waals surface area contributed by atoms with Crippen LogP contribution in [0.2, 0.25) is 10.0 Å². The van der Waals surface area contributed by atoms with Crippen molar-refractivity contribution >= 4 is 41.5 Å². The summed E-state index contributed by atoms with van der Waals surface area (Å²) in [6.45, 7) is 7.48. The van der Waals surface area contributed by atoms with E-state index in [-0.39, 0.29) is 18.3 Å². The molecule has 7 heteroatoms. The van der Waals surface area contributed by atoms with E-state index in [1.54, 1.807) is 25.1 Å². The van der Waals surface area contributed by atoms with Gasteiger partial charge in [-0.1, -0.05) is 30.1 Å². The van der Waals surface area contributed by atoms with Crippen molar-refractivity contribution < 1.29 is 9.53 Å². The number of benzene rings is 1. The molecular formula is C17H25Cl3N2O2. The Balaban J connectivity index is 0.00000288. The fraction of sp³-hybridized carbons (Fsp3) is 0.588. The van der Waals surface area contributed by atoms with Crippen LogP contribution >= 0.6 is 35.6 Å². The summed E-state index contributed by atoms with van der Waals surface area (Å²) in [6.07, 6.45) is 1.53. The molecular weight excluding hydrogens is 371 g/mol. The first-order chi connectivity index (χ1) is 11.0. The van der Waals surface area contributed by atoms with Crippen molar-refractivity contribution in [2.75, 3.05) is 26.2 Å². The molecule has 1 atom stereocenters. The van der Waals surface area contributed by atoms with Gasteiger partial charge in [-0.05, 0) is 57.0 Å². The number of halogens is 3. The van der Waals surface area contributed by atoms with Gasteiger partial charge in [0, 0.05) is 23.1 Å². The Morgan fingerprint density at radius 2 is 1.88 bits per heavy atom. The molecule has 1 fully saturated rings. The molecule has 2 rings (SSSR count). The van der Waals surface area contributed by atoms with Crippen molar-refractivity contribution in [1.29, 1.82) is 0 Å². The van der Waals surface area contributed by atoms with Crippen molar-refractivity contribution in [2.45, 2.75) is 32.8 Å². The highest BCUT2D eigenvalue weighted by Crippen LogP contribution is 2.25. The zero-order chi connectivity index (χ0) is 16.8. The van der Waals surface area contributed by atoms with E-state index in [0.717, 1.165) is 39.0 Å². The maximum Gasteiger partial charge on any atom is 0.263 e. The van der Waals surface area contributed by atoms with E-state index >= 15 is 0 Å². The van der Waals surface area contributed by atoms with Crippen LogP contribution < -0.4 is 10.1 Å². The number of piperidine rings is 1. The van der Waals surface area contributed by atoms with Gasteiger partial charge in [-0.2, -0.15) is 0 Å². The number of ether oxygens (including phenoxy) is 1. The molecule has 136 valence electrons. The monoisotopic (exact) mass is 394 g/mol. The molecule has 1 saturated heterocycles. The molecule has 1 heterocycles. The number of hydrogen-bond donors (Lipinski definition) is 1. The Morgan fingerprint density at radius 3 is 2.42 bits per heavy atom. The zero-order valence-corrected chi connectivity index (χ0v) is 16.4. The molecule has 0 aromatic heterocycles. The molecule has 0 spiro atoms. The van der Waals surface area contributed by atoms with Gasteiger partial charge in [0.05, 0.1) is 0 Å². The standard InChI is InChI=1S/C17H24Cl2N2O2.ClH/c1-3-20-11-13-4-6-21(7-5-13)17(22)12(2)23-16-9-14(18)8-15(19)10-16;/h8-10,12-13,20H,3-7,11H2,1-2H3;1H. The molecule has 24 heavy (non-hydrogen) atoms. The quantitative estimate of drug-likeness (QED) is 0.790. The normalized spacial score (nSPS) is 16.4. The molecule has 1 aromatic rings. The second-order valence-corrected chi connectivity index (χ2v) is 6.81. The molecule has 1 unspecified atom stereocenters. The number of likely N-dealkylation sites (tertiary alicyclic amines) is 1. The van der Waals surface area contributed by atoms with E-state index in [9.17, 15) is 4.79 Å². The van der Waals surface area contributed by atoms with Crippen LogP contribution in [0.4, 0.5) is 0 Å². The van der Waals surface area contributed by atoms with Crippen LogP contribution in [0.3, 0.4) is 0 Å². The summed E-state index contributed by atoms with van der Waals surface area (Å²) < 4.78 is 5.71. The molecule has 1 aliphatic heterocycles. The molecule has 0 bridgehead atoms. The molecule has 0 aliphatic carbocycles. The zero-order valence-electron chi connectivity index (χ0n) is 14.1. The number of amides is 1. The van der Waals surface area contributed by atoms with E-state index in [1.165, 1.54) is 0 Å². The molecule has 0 radical (unpaired) electrons. The fourth-order valence-electron chi connectivity index (χ4n) is 2.81. The van der Waals surface area contributed by atoms with Gasteiger partial charge in [0.2, 0.25) is 0 Å². The number of nitrogens with zero attached hydrogens (tertiary/aromatic N) is 1. The first-order valence-electron chi connectivity index (χ1n) is 8.12. The van der Waals surface area contributed by atoms with Crippen LogP contribution in [-0.4, -0.2) is 43.1 Å². The lowest BCUT2D eigenvalue weighted by Gasteiger charge is -2.33. The number of carbonyl (C=O) groups is 1. The van der Waals surface area contributed by atoms with Crippen LogP contribution in [0.5, 0.6) is 5.75 Å². The number of rotatable bonds is 6. The van der Waals surface area contributed by atoms with Gasteiger partial charge >= 0.3 is 0 Å². The van der Waals surface area contributed by atoms with Gasteiger partial charge in [0.1, 0.15) is 5.75 Å². The van der Waals surface area contributed by atoms with Gasteiger partial charge in [-0.15, -0.1) is 12.4 Å². The summed E-state index contributed by atoms with van der Waals surface area (Å²) in [6, 6.07) is 4.97. The summed E-state index contributed by atoms with van der Waals surface area (Å²) in [5, 5.41) is 4.37. The second-order valence-electron chi connectivity index (χ2n) is 5.94. The smallest absolute Gasteiger partial charge is 0.263 e. The number of nitrogens with one attached hydrogen (secondary N) is 1. The second kappa shape index (κ2) is 10.3. The molecule has 1 aromatic carbocycles. The number of carbonyl (C=O) groups excluding carboxylic acids is 1. The molecule has 1 N–H and O–H groups in total. The Kier molecular flexibility index (Phi) is 9.21. The van der Waals surface area contributed by atoms with Crippen LogP contribution in [0, 0.1) is 5.92 Å². The predicted molar refractivity (Wildman–Crippen MR) is 102 cm³/mol. The summed E-state index contributed by atoms with van der Waals surface area (Å²) in [7, 11) is 0. The average Bonchev–Trinajstić information content (AvgIpc) is 2.51. The summed E-state index contributed by atoms with van der Waals surface area (Å²) in [5.41, 5.74) is 0. The van der Waals surface area contributed by atoms with E-state index in [4.69, 9.17) is 27.9 Å². The maximum atomic E-state index is 12.5. The lowest BCUT2D eigenvalue weighted by Crippen LogP contribution is -2.45. The molecule has 1 amide bonds. The van der Waals surface area contributed by atoms with Crippen molar-refractivity contribution in [3.8, 4) is 5.75 Å². The van der Waals surface area contributed by atoms with E-state index in [2.05, 4.69) is 12.2 Å². The van der Waals surface area contributed by atoms with Crippen LogP contribution in [0.1, 0.15) is 26.7 Å². The third kappa shape index (κ3) is 6.32. The Morgan fingerprint density at radius 1 is 1.29 bits per heavy atom. The van der Waals surface area contributed by atoms with Crippen molar-refractivity contribution in [3.63, 3.8) is 0 Å². The highest BCUT2D eigenvalue weighted by atomic mass is 35.5. The first kappa shape index (κ1) is 21.4. The van der Waals surface area contributed by atoms with E-state index in [0.29, 0.717) is 21.7 Å². The number of hydrogen-bond acceptors (Lipinski definition) is 3. The average molecular weight is 396 g/mol. The molecule has 4 nitrogen and oxygen atoms in total. The lowest BCUT2D eigenvalue weighted by molar-refractivity contribution is -0.139. The van der Waals surface area contributed by atoms with Crippen molar-refractivity contribution in [2.24, 2.45) is 5.92 Å². The van der Waals surface area contributed by atoms with Gasteiger partial charge < -0.3 is 15.0 Å². The summed E-state index contributed by atoms with van der Waals surface area (Å²) in [4.78, 5) is 14.4. The lowest BCUT2D eigenvalue weighted by atomic mass is 9.96. The van der Waals surface area contributed by atoms with Crippen molar-refractivity contribution in [3.05, 3.63) is 28.2 Å². The first-order valence-corrected chi connectivity index (χ1v) is 8.87. The highest BCUT2D eigenvalue weighted by Gasteiger charge is 2.26. The SMILES string of the molecule is CCNCC1CCN(C(=O)C(C)Oc2cc(Cl)cc(Cl)c2)CC1.Cl. The topological polar surface area (TPSA) is 41.6 Å². The predicted octanol–water partition coefficient (Wildman–Crippen LogP) is 4.03. The molecule has 1 aliphatic rings. The highest BCUT2D eigenvalue weighted by molar-refractivity contribution is 6.34. The van der Waals surface area contributed by atoms with Crippen LogP contribution in [-0.2, 0) is 4.79 Å². The Labute approximate surface area is 160 Å². The van der Waals surface area contributed by atoms with E-state index < -0.39 is 6.10 Å².